The molecule has 2 amide bonds. The van der Waals surface area contributed by atoms with Gasteiger partial charge in [0.15, 0.2) is 0 Å². The highest BCUT2D eigenvalue weighted by Crippen LogP contribution is 2.26. The molecule has 0 bridgehead atoms. The second kappa shape index (κ2) is 5.88. The number of nitrogens with zero attached hydrogens (tertiary/aromatic N) is 1. The average molecular weight is 286 g/mol. The first-order valence-corrected chi connectivity index (χ1v) is 7.81. The molecule has 4 heteroatoms. The standard InChI is InChI=1S/C17H22N2O2/c1-12-6-8-15(9-7-12)19-11-13(10-16(19)20)17(21)18-14-4-2-3-5-14/h6-9,13-14H,2-5,10-11H2,1H3,(H,18,21). The smallest absolute Gasteiger partial charge is 0.227 e. The van der Waals surface area contributed by atoms with Crippen molar-refractivity contribution in [1.82, 2.24) is 5.32 Å². The summed E-state index contributed by atoms with van der Waals surface area (Å²) in [6, 6.07) is 8.21. The van der Waals surface area contributed by atoms with Gasteiger partial charge in [0.05, 0.1) is 5.92 Å². The number of rotatable bonds is 3. The Hall–Kier alpha value is -1.84. The quantitative estimate of drug-likeness (QED) is 0.927. The number of carbonyl (C=O) groups excluding carboxylic acids is 2. The van der Waals surface area contributed by atoms with Gasteiger partial charge in [0.1, 0.15) is 0 Å². The monoisotopic (exact) mass is 286 g/mol. The molecule has 1 N–H and O–H groups in total. The normalized spacial score (nSPS) is 22.8. The van der Waals surface area contributed by atoms with E-state index in [-0.39, 0.29) is 17.7 Å². The van der Waals surface area contributed by atoms with Gasteiger partial charge in [-0.1, -0.05) is 30.5 Å². The van der Waals surface area contributed by atoms with Crippen LogP contribution < -0.4 is 10.2 Å². The Labute approximate surface area is 125 Å². The van der Waals surface area contributed by atoms with E-state index in [1.807, 2.05) is 31.2 Å². The number of carbonyl (C=O) groups is 2. The SMILES string of the molecule is Cc1ccc(N2CC(C(=O)NC3CCCC3)CC2=O)cc1. The van der Waals surface area contributed by atoms with E-state index in [4.69, 9.17) is 0 Å². The predicted molar refractivity (Wildman–Crippen MR) is 82.0 cm³/mol. The lowest BCUT2D eigenvalue weighted by molar-refractivity contribution is -0.126. The molecule has 1 saturated carbocycles. The maximum atomic E-state index is 12.3. The van der Waals surface area contributed by atoms with Crippen LogP contribution in [0.4, 0.5) is 5.69 Å². The molecule has 1 unspecified atom stereocenters. The summed E-state index contributed by atoms with van der Waals surface area (Å²) in [6.45, 7) is 2.52. The van der Waals surface area contributed by atoms with Crippen LogP contribution in [0.1, 0.15) is 37.7 Å². The fourth-order valence-corrected chi connectivity index (χ4v) is 3.25. The molecule has 1 aliphatic carbocycles. The summed E-state index contributed by atoms with van der Waals surface area (Å²) in [5, 5.41) is 3.10. The van der Waals surface area contributed by atoms with E-state index in [9.17, 15) is 9.59 Å². The molecule has 1 saturated heterocycles. The molecule has 0 radical (unpaired) electrons. The molecular formula is C17H22N2O2. The van der Waals surface area contributed by atoms with E-state index in [2.05, 4.69) is 5.32 Å². The van der Waals surface area contributed by atoms with Crippen LogP contribution in [0.5, 0.6) is 0 Å². The first kappa shape index (κ1) is 14.1. The molecule has 3 rings (SSSR count). The van der Waals surface area contributed by atoms with E-state index in [0.29, 0.717) is 19.0 Å². The molecule has 0 spiro atoms. The molecule has 112 valence electrons. The minimum absolute atomic E-state index is 0.0462. The summed E-state index contributed by atoms with van der Waals surface area (Å²) < 4.78 is 0. The fraction of sp³-hybridized carbons (Fsp3) is 0.529. The number of hydrogen-bond donors (Lipinski definition) is 1. The Morgan fingerprint density at radius 1 is 1.19 bits per heavy atom. The Balaban J connectivity index is 1.63. The molecule has 1 heterocycles. The van der Waals surface area contributed by atoms with Crippen LogP contribution in [-0.4, -0.2) is 24.4 Å². The van der Waals surface area contributed by atoms with Crippen LogP contribution >= 0.6 is 0 Å². The number of anilines is 1. The Kier molecular flexibility index (Phi) is 3.95. The van der Waals surface area contributed by atoms with Crippen LogP contribution in [0.2, 0.25) is 0 Å². The summed E-state index contributed by atoms with van der Waals surface area (Å²) in [7, 11) is 0. The maximum absolute atomic E-state index is 12.3. The van der Waals surface area contributed by atoms with Gasteiger partial charge in [-0.25, -0.2) is 0 Å². The van der Waals surface area contributed by atoms with Gasteiger partial charge in [-0.05, 0) is 31.9 Å². The molecule has 4 nitrogen and oxygen atoms in total. The summed E-state index contributed by atoms with van der Waals surface area (Å²) >= 11 is 0. The number of aryl methyl sites for hydroxylation is 1. The van der Waals surface area contributed by atoms with Crippen LogP contribution in [-0.2, 0) is 9.59 Å². The van der Waals surface area contributed by atoms with Crippen LogP contribution in [0, 0.1) is 12.8 Å². The van der Waals surface area contributed by atoms with Gasteiger partial charge in [-0.2, -0.15) is 0 Å². The van der Waals surface area contributed by atoms with Crippen LogP contribution in [0.15, 0.2) is 24.3 Å². The molecule has 2 aliphatic rings. The lowest BCUT2D eigenvalue weighted by Crippen LogP contribution is -2.38. The zero-order valence-corrected chi connectivity index (χ0v) is 12.5. The Bertz CT molecular complexity index is 532. The van der Waals surface area contributed by atoms with Crippen LogP contribution in [0.3, 0.4) is 0 Å². The second-order valence-electron chi connectivity index (χ2n) is 6.23. The minimum atomic E-state index is -0.209. The highest BCUT2D eigenvalue weighted by Gasteiger charge is 2.35. The third-order valence-corrected chi connectivity index (χ3v) is 4.54. The molecule has 1 atom stereocenters. The van der Waals surface area contributed by atoms with E-state index >= 15 is 0 Å². The number of benzene rings is 1. The zero-order valence-electron chi connectivity index (χ0n) is 12.5. The fourth-order valence-electron chi connectivity index (χ4n) is 3.25. The first-order valence-electron chi connectivity index (χ1n) is 7.81. The van der Waals surface area contributed by atoms with Gasteiger partial charge >= 0.3 is 0 Å². The van der Waals surface area contributed by atoms with Crippen molar-refractivity contribution in [3.05, 3.63) is 29.8 Å². The van der Waals surface area contributed by atoms with Crippen molar-refractivity contribution < 1.29 is 9.59 Å². The van der Waals surface area contributed by atoms with Crippen molar-refractivity contribution >= 4 is 17.5 Å². The van der Waals surface area contributed by atoms with Crippen molar-refractivity contribution in [3.8, 4) is 0 Å². The topological polar surface area (TPSA) is 49.4 Å². The number of nitrogens with one attached hydrogen (secondary N) is 1. The first-order chi connectivity index (χ1) is 10.1. The number of amides is 2. The third-order valence-electron chi connectivity index (χ3n) is 4.54. The lowest BCUT2D eigenvalue weighted by Gasteiger charge is -2.18. The highest BCUT2D eigenvalue weighted by atomic mass is 16.2. The van der Waals surface area contributed by atoms with Crippen molar-refractivity contribution in [2.45, 2.75) is 45.1 Å². The maximum Gasteiger partial charge on any atom is 0.227 e. The summed E-state index contributed by atoms with van der Waals surface area (Å²) in [5.74, 6) is -0.116. The van der Waals surface area contributed by atoms with E-state index < -0.39 is 0 Å². The third kappa shape index (κ3) is 3.09. The summed E-state index contributed by atoms with van der Waals surface area (Å²) in [6.07, 6.45) is 4.88. The minimum Gasteiger partial charge on any atom is -0.353 e. The molecule has 1 aromatic rings. The second-order valence-corrected chi connectivity index (χ2v) is 6.23. The molecule has 2 fully saturated rings. The summed E-state index contributed by atoms with van der Waals surface area (Å²) in [5.41, 5.74) is 2.06. The molecular weight excluding hydrogens is 264 g/mol. The van der Waals surface area contributed by atoms with Gasteiger partial charge in [0.2, 0.25) is 11.8 Å². The largest absolute Gasteiger partial charge is 0.353 e. The van der Waals surface area contributed by atoms with E-state index in [0.717, 1.165) is 18.5 Å². The molecule has 21 heavy (non-hydrogen) atoms. The molecule has 1 aliphatic heterocycles. The Morgan fingerprint density at radius 2 is 1.86 bits per heavy atom. The van der Waals surface area contributed by atoms with Gasteiger partial charge in [0, 0.05) is 24.7 Å². The van der Waals surface area contributed by atoms with Gasteiger partial charge in [-0.15, -0.1) is 0 Å². The Morgan fingerprint density at radius 3 is 2.52 bits per heavy atom. The number of hydrogen-bond acceptors (Lipinski definition) is 2. The van der Waals surface area contributed by atoms with Crippen LogP contribution in [0.25, 0.3) is 0 Å². The van der Waals surface area contributed by atoms with Crippen molar-refractivity contribution in [2.75, 3.05) is 11.4 Å². The van der Waals surface area contributed by atoms with Gasteiger partial charge < -0.3 is 10.2 Å². The van der Waals surface area contributed by atoms with Crippen molar-refractivity contribution in [3.63, 3.8) is 0 Å². The van der Waals surface area contributed by atoms with Crippen molar-refractivity contribution in [2.24, 2.45) is 5.92 Å². The lowest BCUT2D eigenvalue weighted by atomic mass is 10.1. The predicted octanol–water partition coefficient (Wildman–Crippen LogP) is 2.41. The summed E-state index contributed by atoms with van der Waals surface area (Å²) in [4.78, 5) is 26.2. The van der Waals surface area contributed by atoms with E-state index in [1.54, 1.807) is 4.90 Å². The molecule has 1 aromatic carbocycles. The van der Waals surface area contributed by atoms with Crippen molar-refractivity contribution in [1.29, 1.82) is 0 Å². The van der Waals surface area contributed by atoms with E-state index in [1.165, 1.54) is 18.4 Å². The molecule has 0 aromatic heterocycles. The van der Waals surface area contributed by atoms with Gasteiger partial charge in [0.25, 0.3) is 0 Å². The van der Waals surface area contributed by atoms with Gasteiger partial charge in [-0.3, -0.25) is 9.59 Å². The highest BCUT2D eigenvalue weighted by molar-refractivity contribution is 6.00. The average Bonchev–Trinajstić information content (AvgIpc) is 3.09. The zero-order chi connectivity index (χ0) is 14.8.